The Labute approximate surface area is 180 Å². The zero-order valence-corrected chi connectivity index (χ0v) is 21.9. The molecule has 152 valence electrons. The van der Waals surface area contributed by atoms with E-state index in [4.69, 9.17) is 0 Å². The van der Waals surface area contributed by atoms with Crippen LogP contribution in [0.25, 0.3) is 21.3 Å². The third-order valence-electron chi connectivity index (χ3n) is 2.09. The predicted molar refractivity (Wildman–Crippen MR) is 116 cm³/mol. The Morgan fingerprint density at radius 2 is 0.600 bits per heavy atom. The van der Waals surface area contributed by atoms with E-state index in [1.807, 2.05) is 27.7 Å². The van der Waals surface area contributed by atoms with Crippen LogP contribution in [0.5, 0.6) is 0 Å². The molecule has 0 radical (unpaired) electrons. The Balaban J connectivity index is -0.0000000711. The molecule has 5 heteroatoms. The molecule has 0 N–H and O–H groups in total. The van der Waals surface area contributed by atoms with Gasteiger partial charge in [-0.2, -0.15) is 26.2 Å². The summed E-state index contributed by atoms with van der Waals surface area (Å²) in [4.78, 5) is 0. The van der Waals surface area contributed by atoms with Crippen LogP contribution in [-0.2, 0) is 26.2 Å². The van der Waals surface area contributed by atoms with Gasteiger partial charge in [0, 0.05) is 0 Å². The number of hydrogen-bond donors (Lipinski definition) is 0. The third kappa shape index (κ3) is 78.9. The minimum absolute atomic E-state index is 0. The standard InChI is InChI=1S/2C6H14N.2C4H10N.Zr/c2*1-5(2)7-6(3)4;2*1-3-5-4-2;/h2*5-6H,1-4H3;2*3-4H2,1-2H3;/q4*-1;+4. The molecule has 0 amide bonds. The molecule has 0 spiro atoms. The maximum Gasteiger partial charge on any atom is 4.00 e. The van der Waals surface area contributed by atoms with Gasteiger partial charge in [-0.1, -0.05) is 83.1 Å². The SMILES string of the molecule is CC(C)[N-]C(C)C.CC(C)[N-]C(C)C.CC[N-]CC.CC[N-]CC.[Zr+4]. The van der Waals surface area contributed by atoms with Gasteiger partial charge in [0.05, 0.1) is 0 Å². The summed E-state index contributed by atoms with van der Waals surface area (Å²) >= 11 is 0. The van der Waals surface area contributed by atoms with Crippen LogP contribution in [0.3, 0.4) is 0 Å². The summed E-state index contributed by atoms with van der Waals surface area (Å²) < 4.78 is 0. The fraction of sp³-hybridized carbons (Fsp3) is 1.00. The van der Waals surface area contributed by atoms with Crippen LogP contribution < -0.4 is 0 Å². The van der Waals surface area contributed by atoms with Crippen molar-refractivity contribution in [2.45, 2.75) is 107 Å². The van der Waals surface area contributed by atoms with Gasteiger partial charge in [-0.25, -0.2) is 0 Å². The van der Waals surface area contributed by atoms with Gasteiger partial charge in [-0.3, -0.25) is 0 Å². The molecule has 0 aliphatic rings. The molecule has 0 bridgehead atoms. The summed E-state index contributed by atoms with van der Waals surface area (Å²) in [5, 5.41) is 16.5. The van der Waals surface area contributed by atoms with Crippen LogP contribution in [0.1, 0.15) is 83.1 Å². The van der Waals surface area contributed by atoms with Gasteiger partial charge in [0.25, 0.3) is 0 Å². The van der Waals surface area contributed by atoms with Crippen molar-refractivity contribution in [1.82, 2.24) is 0 Å². The number of nitrogens with zero attached hydrogens (tertiary/aromatic N) is 4. The van der Waals surface area contributed by atoms with Crippen LogP contribution in [-0.4, -0.2) is 50.3 Å². The molecule has 0 aromatic heterocycles. The molecule has 0 atom stereocenters. The molecular weight excluding hydrogens is 387 g/mol. The Morgan fingerprint density at radius 1 is 0.440 bits per heavy atom. The first-order valence-electron chi connectivity index (χ1n) is 9.74. The van der Waals surface area contributed by atoms with Crippen molar-refractivity contribution >= 4 is 0 Å². The van der Waals surface area contributed by atoms with E-state index in [9.17, 15) is 0 Å². The second kappa shape index (κ2) is 32.4. The van der Waals surface area contributed by atoms with Gasteiger partial charge in [0.1, 0.15) is 0 Å². The first kappa shape index (κ1) is 36.6. The van der Waals surface area contributed by atoms with E-state index >= 15 is 0 Å². The van der Waals surface area contributed by atoms with E-state index in [-0.39, 0.29) is 26.2 Å². The molecule has 25 heavy (non-hydrogen) atoms. The van der Waals surface area contributed by atoms with Crippen LogP contribution in [0.2, 0.25) is 0 Å². The van der Waals surface area contributed by atoms with E-state index < -0.39 is 0 Å². The maximum absolute atomic E-state index is 4.28. The molecule has 0 aliphatic carbocycles. The molecule has 0 aromatic rings. The summed E-state index contributed by atoms with van der Waals surface area (Å²) in [5.74, 6) is 0. The monoisotopic (exact) mass is 434 g/mol. The van der Waals surface area contributed by atoms with E-state index in [0.717, 1.165) is 26.2 Å². The molecule has 0 unspecified atom stereocenters. The van der Waals surface area contributed by atoms with Gasteiger partial charge in [-0.05, 0) is 0 Å². The summed E-state index contributed by atoms with van der Waals surface area (Å²) in [6.45, 7) is 28.8. The quantitative estimate of drug-likeness (QED) is 0.388. The Hall–Kier alpha value is 0.723. The van der Waals surface area contributed by atoms with Crippen molar-refractivity contribution in [3.8, 4) is 0 Å². The summed E-state index contributed by atoms with van der Waals surface area (Å²) in [7, 11) is 0. The zero-order valence-electron chi connectivity index (χ0n) is 19.4. The molecule has 0 aromatic carbocycles. The first-order chi connectivity index (χ1) is 11.1. The maximum atomic E-state index is 4.28. The van der Waals surface area contributed by atoms with Gasteiger partial charge < -0.3 is 21.3 Å². The van der Waals surface area contributed by atoms with Crippen molar-refractivity contribution in [2.24, 2.45) is 0 Å². The van der Waals surface area contributed by atoms with Crippen LogP contribution in [0.15, 0.2) is 0 Å². The molecule has 0 saturated carbocycles. The Morgan fingerprint density at radius 3 is 0.600 bits per heavy atom. The van der Waals surface area contributed by atoms with E-state index in [1.54, 1.807) is 0 Å². The van der Waals surface area contributed by atoms with Crippen molar-refractivity contribution < 1.29 is 26.2 Å². The average molecular weight is 436 g/mol. The van der Waals surface area contributed by atoms with Crippen molar-refractivity contribution in [2.75, 3.05) is 26.2 Å². The normalized spacial score (nSPS) is 9.60. The van der Waals surface area contributed by atoms with Gasteiger partial charge in [-0.15, -0.1) is 24.2 Å². The molecule has 0 fully saturated rings. The molecule has 4 nitrogen and oxygen atoms in total. The van der Waals surface area contributed by atoms with E-state index in [2.05, 4.69) is 76.7 Å². The third-order valence-corrected chi connectivity index (χ3v) is 2.09. The number of hydrogen-bond acceptors (Lipinski definition) is 0. The molecule has 0 aliphatic heterocycles. The molecule has 0 rings (SSSR count). The summed E-state index contributed by atoms with van der Waals surface area (Å²) in [5.41, 5.74) is 0. The number of rotatable bonds is 8. The van der Waals surface area contributed by atoms with E-state index in [1.165, 1.54) is 0 Å². The minimum Gasteiger partial charge on any atom is -0.663 e. The topological polar surface area (TPSA) is 56.4 Å². The minimum atomic E-state index is 0. The second-order valence-corrected chi connectivity index (χ2v) is 6.39. The smallest absolute Gasteiger partial charge is 0.663 e. The second-order valence-electron chi connectivity index (χ2n) is 6.39. The van der Waals surface area contributed by atoms with Crippen molar-refractivity contribution in [3.63, 3.8) is 0 Å². The van der Waals surface area contributed by atoms with Crippen molar-refractivity contribution in [1.29, 1.82) is 0 Å². The molecule has 0 heterocycles. The molecule has 0 saturated heterocycles. The fourth-order valence-corrected chi connectivity index (χ4v) is 1.64. The Bertz CT molecular complexity index is 151. The van der Waals surface area contributed by atoms with Gasteiger partial charge in [0.2, 0.25) is 0 Å². The zero-order chi connectivity index (χ0) is 20.0. The summed E-state index contributed by atoms with van der Waals surface area (Å²) in [6.07, 6.45) is 0. The van der Waals surface area contributed by atoms with Crippen LogP contribution in [0.4, 0.5) is 0 Å². The largest absolute Gasteiger partial charge is 4.00 e. The van der Waals surface area contributed by atoms with Gasteiger partial charge >= 0.3 is 26.2 Å². The predicted octanol–water partition coefficient (Wildman–Crippen LogP) is 7.15. The van der Waals surface area contributed by atoms with Crippen molar-refractivity contribution in [3.05, 3.63) is 21.3 Å². The Kier molecular flexibility index (Phi) is 47.4. The summed E-state index contributed by atoms with van der Waals surface area (Å²) in [6, 6.07) is 2.00. The fourth-order valence-electron chi connectivity index (χ4n) is 1.64. The van der Waals surface area contributed by atoms with Crippen LogP contribution >= 0.6 is 0 Å². The first-order valence-corrected chi connectivity index (χ1v) is 9.74. The molecular formula is C20H48N4Zr. The van der Waals surface area contributed by atoms with Crippen LogP contribution in [0, 0.1) is 0 Å². The van der Waals surface area contributed by atoms with E-state index in [0.29, 0.717) is 24.2 Å². The van der Waals surface area contributed by atoms with Gasteiger partial charge in [0.15, 0.2) is 0 Å². The average Bonchev–Trinajstić information content (AvgIpc) is 2.39.